The SMILES string of the molecule is O=C1NC(=S)N(c2ccccc2)C(=O)/C1=C/c1cn(Cc2ccc(Cl)cc2Cl)c2ccccc12. The molecule has 2 amide bonds. The number of amides is 2. The second kappa shape index (κ2) is 9.06. The number of nitrogens with one attached hydrogen (secondary N) is 1. The summed E-state index contributed by atoms with van der Waals surface area (Å²) < 4.78 is 2.03. The second-order valence-electron chi connectivity index (χ2n) is 7.76. The molecule has 0 atom stereocenters. The molecule has 5 rings (SSSR count). The van der Waals surface area contributed by atoms with Crippen LogP contribution in [0.5, 0.6) is 0 Å². The monoisotopic (exact) mass is 505 g/mol. The predicted octanol–water partition coefficient (Wildman–Crippen LogP) is 5.83. The number of rotatable bonds is 4. The fraction of sp³-hybridized carbons (Fsp3) is 0.0385. The van der Waals surface area contributed by atoms with E-state index in [0.29, 0.717) is 22.3 Å². The van der Waals surface area contributed by atoms with Gasteiger partial charge in [0.05, 0.1) is 5.69 Å². The van der Waals surface area contributed by atoms with Crippen LogP contribution in [0.1, 0.15) is 11.1 Å². The van der Waals surface area contributed by atoms with Crippen molar-refractivity contribution >= 4 is 75.0 Å². The maximum Gasteiger partial charge on any atom is 0.270 e. The zero-order valence-corrected chi connectivity index (χ0v) is 20.0. The van der Waals surface area contributed by atoms with E-state index in [4.69, 9.17) is 35.4 Å². The van der Waals surface area contributed by atoms with Gasteiger partial charge in [0.2, 0.25) is 0 Å². The molecule has 0 saturated carbocycles. The van der Waals surface area contributed by atoms with Crippen molar-refractivity contribution in [1.82, 2.24) is 9.88 Å². The van der Waals surface area contributed by atoms with E-state index < -0.39 is 11.8 Å². The quantitative estimate of drug-likeness (QED) is 0.215. The molecule has 168 valence electrons. The zero-order valence-electron chi connectivity index (χ0n) is 17.7. The van der Waals surface area contributed by atoms with Crippen molar-refractivity contribution in [2.24, 2.45) is 0 Å². The summed E-state index contributed by atoms with van der Waals surface area (Å²) in [5, 5.41) is 4.72. The van der Waals surface area contributed by atoms with Crippen molar-refractivity contribution < 1.29 is 9.59 Å². The molecule has 1 N–H and O–H groups in total. The molecular formula is C26H17Cl2N3O2S. The highest BCUT2D eigenvalue weighted by atomic mass is 35.5. The molecule has 2 heterocycles. The maximum absolute atomic E-state index is 13.3. The molecule has 4 aromatic rings. The Hall–Kier alpha value is -3.45. The number of benzene rings is 3. The summed E-state index contributed by atoms with van der Waals surface area (Å²) in [6.07, 6.45) is 3.51. The van der Waals surface area contributed by atoms with Crippen molar-refractivity contribution in [3.63, 3.8) is 0 Å². The molecule has 1 aromatic heterocycles. The minimum atomic E-state index is -0.528. The second-order valence-corrected chi connectivity index (χ2v) is 8.99. The Morgan fingerprint density at radius 2 is 1.68 bits per heavy atom. The largest absolute Gasteiger partial charge is 0.342 e. The van der Waals surface area contributed by atoms with Crippen LogP contribution in [-0.4, -0.2) is 21.5 Å². The molecule has 0 spiro atoms. The third-order valence-corrected chi connectivity index (χ3v) is 6.46. The Morgan fingerprint density at radius 1 is 0.941 bits per heavy atom. The molecule has 0 unspecified atom stereocenters. The van der Waals surface area contributed by atoms with Crippen LogP contribution in [0.15, 0.2) is 84.6 Å². The van der Waals surface area contributed by atoms with Gasteiger partial charge in [0.25, 0.3) is 11.8 Å². The molecular weight excluding hydrogens is 489 g/mol. The zero-order chi connectivity index (χ0) is 23.8. The van der Waals surface area contributed by atoms with Crippen molar-refractivity contribution in [2.45, 2.75) is 6.54 Å². The van der Waals surface area contributed by atoms with Crippen molar-refractivity contribution in [3.8, 4) is 0 Å². The third kappa shape index (κ3) is 4.12. The maximum atomic E-state index is 13.3. The van der Waals surface area contributed by atoms with Crippen LogP contribution in [-0.2, 0) is 16.1 Å². The highest BCUT2D eigenvalue weighted by molar-refractivity contribution is 7.80. The van der Waals surface area contributed by atoms with E-state index in [1.54, 1.807) is 42.5 Å². The molecule has 34 heavy (non-hydrogen) atoms. The lowest BCUT2D eigenvalue weighted by molar-refractivity contribution is -0.122. The van der Waals surface area contributed by atoms with Gasteiger partial charge in [-0.25, -0.2) is 0 Å². The first-order valence-corrected chi connectivity index (χ1v) is 11.6. The molecule has 1 fully saturated rings. The van der Waals surface area contributed by atoms with Gasteiger partial charge in [0, 0.05) is 39.3 Å². The molecule has 5 nitrogen and oxygen atoms in total. The molecule has 1 aliphatic heterocycles. The number of aromatic nitrogens is 1. The first-order valence-electron chi connectivity index (χ1n) is 10.4. The summed E-state index contributed by atoms with van der Waals surface area (Å²) in [5.74, 6) is -1.00. The van der Waals surface area contributed by atoms with Gasteiger partial charge in [-0.1, -0.05) is 65.7 Å². The number of anilines is 1. The average molecular weight is 506 g/mol. The Labute approximate surface area is 211 Å². The van der Waals surface area contributed by atoms with Crippen LogP contribution in [0.25, 0.3) is 17.0 Å². The summed E-state index contributed by atoms with van der Waals surface area (Å²) in [6, 6.07) is 22.2. The molecule has 1 saturated heterocycles. The predicted molar refractivity (Wildman–Crippen MR) is 140 cm³/mol. The van der Waals surface area contributed by atoms with Crippen molar-refractivity contribution in [1.29, 1.82) is 0 Å². The lowest BCUT2D eigenvalue weighted by Crippen LogP contribution is -2.54. The number of nitrogens with zero attached hydrogens (tertiary/aromatic N) is 2. The number of thiocarbonyl (C=S) groups is 1. The number of hydrogen-bond acceptors (Lipinski definition) is 3. The summed E-state index contributed by atoms with van der Waals surface area (Å²) in [5.41, 5.74) is 3.17. The number of carbonyl (C=O) groups is 2. The highest BCUT2D eigenvalue weighted by Crippen LogP contribution is 2.29. The molecule has 1 aliphatic rings. The number of hydrogen-bond donors (Lipinski definition) is 1. The van der Waals surface area contributed by atoms with E-state index in [0.717, 1.165) is 22.0 Å². The smallest absolute Gasteiger partial charge is 0.270 e. The van der Waals surface area contributed by atoms with E-state index in [9.17, 15) is 9.59 Å². The standard InChI is InChI=1S/C26H17Cl2N3O2S/c27-18-11-10-16(22(28)13-18)14-30-15-17(20-8-4-5-9-23(20)30)12-21-24(32)29-26(34)31(25(21)33)19-6-2-1-3-7-19/h1-13,15H,14H2,(H,29,32,34)/b21-12+. The van der Waals surface area contributed by atoms with Crippen molar-refractivity contribution in [2.75, 3.05) is 4.90 Å². The molecule has 8 heteroatoms. The van der Waals surface area contributed by atoms with Gasteiger partial charge in [0.1, 0.15) is 5.57 Å². The molecule has 0 radical (unpaired) electrons. The summed E-state index contributed by atoms with van der Waals surface area (Å²) >= 11 is 17.7. The number of carbonyl (C=O) groups excluding carboxylic acids is 2. The van der Waals surface area contributed by atoms with Crippen LogP contribution < -0.4 is 10.2 Å². The third-order valence-electron chi connectivity index (χ3n) is 5.59. The fourth-order valence-electron chi connectivity index (χ4n) is 3.98. The Balaban J connectivity index is 1.57. The number of halogens is 2. The summed E-state index contributed by atoms with van der Waals surface area (Å²) in [7, 11) is 0. The van der Waals surface area contributed by atoms with E-state index in [2.05, 4.69) is 5.32 Å². The summed E-state index contributed by atoms with van der Waals surface area (Å²) in [6.45, 7) is 0.500. The fourth-order valence-corrected chi connectivity index (χ4v) is 4.73. The number of fused-ring (bicyclic) bond motifs is 1. The Bertz CT molecular complexity index is 1490. The van der Waals surface area contributed by atoms with Crippen LogP contribution in [0.4, 0.5) is 5.69 Å². The van der Waals surface area contributed by atoms with Crippen LogP contribution in [0.2, 0.25) is 10.0 Å². The Morgan fingerprint density at radius 3 is 2.44 bits per heavy atom. The average Bonchev–Trinajstić information content (AvgIpc) is 3.16. The van der Waals surface area contributed by atoms with Gasteiger partial charge in [-0.3, -0.25) is 19.8 Å². The van der Waals surface area contributed by atoms with Crippen LogP contribution in [0.3, 0.4) is 0 Å². The van der Waals surface area contributed by atoms with E-state index in [-0.39, 0.29) is 10.7 Å². The normalized spacial score (nSPS) is 15.3. The highest BCUT2D eigenvalue weighted by Gasteiger charge is 2.34. The van der Waals surface area contributed by atoms with E-state index in [1.165, 1.54) is 4.90 Å². The number of para-hydroxylation sites is 2. The van der Waals surface area contributed by atoms with Gasteiger partial charge in [-0.15, -0.1) is 0 Å². The van der Waals surface area contributed by atoms with Crippen molar-refractivity contribution in [3.05, 3.63) is 106 Å². The summed E-state index contributed by atoms with van der Waals surface area (Å²) in [4.78, 5) is 27.4. The van der Waals surface area contributed by atoms with E-state index in [1.807, 2.05) is 47.2 Å². The van der Waals surface area contributed by atoms with Gasteiger partial charge < -0.3 is 4.57 Å². The first kappa shape index (κ1) is 22.3. The van der Waals surface area contributed by atoms with Crippen LogP contribution in [0, 0.1) is 0 Å². The molecule has 0 bridgehead atoms. The van der Waals surface area contributed by atoms with Crippen LogP contribution >= 0.6 is 35.4 Å². The van der Waals surface area contributed by atoms with E-state index >= 15 is 0 Å². The topological polar surface area (TPSA) is 54.3 Å². The first-order chi connectivity index (χ1) is 16.4. The molecule has 0 aliphatic carbocycles. The minimum Gasteiger partial charge on any atom is -0.342 e. The molecule has 3 aromatic carbocycles. The minimum absolute atomic E-state index is 0.00452. The Kier molecular flexibility index (Phi) is 5.96. The van der Waals surface area contributed by atoms with Gasteiger partial charge in [0.15, 0.2) is 5.11 Å². The lowest BCUT2D eigenvalue weighted by Gasteiger charge is -2.28. The van der Waals surface area contributed by atoms with Gasteiger partial charge in [-0.05, 0) is 54.2 Å². The van der Waals surface area contributed by atoms with Gasteiger partial charge in [-0.2, -0.15) is 0 Å². The lowest BCUT2D eigenvalue weighted by atomic mass is 10.1. The van der Waals surface area contributed by atoms with Gasteiger partial charge >= 0.3 is 0 Å².